The highest BCUT2D eigenvalue weighted by Crippen LogP contribution is 2.33. The highest BCUT2D eigenvalue weighted by atomic mass is 19.4. The van der Waals surface area contributed by atoms with Gasteiger partial charge in [0.25, 0.3) is 0 Å². The molecule has 3 heterocycles. The van der Waals surface area contributed by atoms with Crippen LogP contribution >= 0.6 is 0 Å². The lowest BCUT2D eigenvalue weighted by Gasteiger charge is -2.18. The molecule has 0 aromatic carbocycles. The number of hydrogen-bond donors (Lipinski definition) is 0. The predicted molar refractivity (Wildman–Crippen MR) is 103 cm³/mol. The first-order valence-electron chi connectivity index (χ1n) is 10.5. The molecular weight excluding hydrogens is 415 g/mol. The maximum absolute atomic E-state index is 13.6. The van der Waals surface area contributed by atoms with Crippen molar-refractivity contribution in [3.63, 3.8) is 0 Å². The molecule has 3 aromatic rings. The third kappa shape index (κ3) is 5.05. The Kier molecular flexibility index (Phi) is 5.48. The standard InChI is InChI=1S/C20H20F3N5O3/c1-12(30-2)18-14(10-24-11-17(18)31-3)8-15(29)6-13-7-16(20(21,22)23)19(25-9-13)28-26-4-5-27-28/h4-5,7,9-12H,6,8H2,1-3H3/t12-/m1/s1/i3D3. The fourth-order valence-corrected chi connectivity index (χ4v) is 3.09. The number of alkyl halides is 3. The van der Waals surface area contributed by atoms with E-state index >= 15 is 0 Å². The van der Waals surface area contributed by atoms with Gasteiger partial charge in [-0.15, -0.1) is 4.80 Å². The summed E-state index contributed by atoms with van der Waals surface area (Å²) in [4.78, 5) is 21.2. The van der Waals surface area contributed by atoms with Crippen LogP contribution < -0.4 is 4.74 Å². The monoisotopic (exact) mass is 438 g/mol. The molecule has 0 radical (unpaired) electrons. The number of rotatable bonds is 8. The number of nitrogens with zero attached hydrogens (tertiary/aromatic N) is 5. The molecule has 3 aromatic heterocycles. The number of ketones is 1. The van der Waals surface area contributed by atoms with Gasteiger partial charge < -0.3 is 9.47 Å². The fourth-order valence-electron chi connectivity index (χ4n) is 3.09. The molecule has 1 atom stereocenters. The number of carbonyl (C=O) groups is 1. The van der Waals surface area contributed by atoms with Crippen LogP contribution in [0.25, 0.3) is 5.82 Å². The fraction of sp³-hybridized carbons (Fsp3) is 0.350. The van der Waals surface area contributed by atoms with E-state index in [0.29, 0.717) is 11.1 Å². The lowest BCUT2D eigenvalue weighted by Crippen LogP contribution is -2.16. The molecule has 0 aliphatic rings. The van der Waals surface area contributed by atoms with Crippen molar-refractivity contribution in [2.75, 3.05) is 14.1 Å². The summed E-state index contributed by atoms with van der Waals surface area (Å²) in [6, 6.07) is 0.828. The Labute approximate surface area is 180 Å². The number of hydrogen-bond acceptors (Lipinski definition) is 7. The molecule has 0 saturated heterocycles. The lowest BCUT2D eigenvalue weighted by atomic mass is 9.97. The summed E-state index contributed by atoms with van der Waals surface area (Å²) in [5, 5.41) is 7.36. The molecule has 0 aliphatic carbocycles. The minimum absolute atomic E-state index is 0.0393. The first-order chi connectivity index (χ1) is 15.9. The van der Waals surface area contributed by atoms with E-state index in [-0.39, 0.29) is 24.2 Å². The van der Waals surface area contributed by atoms with Gasteiger partial charge in [0.15, 0.2) is 5.82 Å². The van der Waals surface area contributed by atoms with Gasteiger partial charge in [0.1, 0.15) is 17.1 Å². The van der Waals surface area contributed by atoms with Gasteiger partial charge in [0.2, 0.25) is 0 Å². The molecule has 11 heteroatoms. The van der Waals surface area contributed by atoms with Crippen molar-refractivity contribution in [2.45, 2.75) is 32.0 Å². The second kappa shape index (κ2) is 9.21. The number of pyridine rings is 2. The third-order valence-corrected chi connectivity index (χ3v) is 4.53. The number of ether oxygens (including phenoxy) is 2. The van der Waals surface area contributed by atoms with Gasteiger partial charge in [-0.05, 0) is 24.1 Å². The van der Waals surface area contributed by atoms with E-state index in [0.717, 1.165) is 17.1 Å². The summed E-state index contributed by atoms with van der Waals surface area (Å²) in [5.41, 5.74) is -0.395. The first kappa shape index (κ1) is 18.4. The van der Waals surface area contributed by atoms with Gasteiger partial charge in [0, 0.05) is 37.9 Å². The largest absolute Gasteiger partial charge is 0.495 e. The van der Waals surface area contributed by atoms with Gasteiger partial charge in [-0.2, -0.15) is 23.4 Å². The number of carbonyl (C=O) groups excluding carboxylic acids is 1. The summed E-state index contributed by atoms with van der Waals surface area (Å²) >= 11 is 0. The third-order valence-electron chi connectivity index (χ3n) is 4.53. The Morgan fingerprint density at radius 2 is 1.97 bits per heavy atom. The van der Waals surface area contributed by atoms with Crippen molar-refractivity contribution >= 4 is 5.78 Å². The SMILES string of the molecule is [2H]C([2H])([2H])Oc1cncc(CC(=O)Cc2cnc(-n3nccn3)c(C(F)(F)F)c2)c1[C@@H](C)OC. The Hall–Kier alpha value is -3.34. The number of aromatic nitrogens is 5. The van der Waals surface area contributed by atoms with Crippen molar-refractivity contribution in [3.05, 3.63) is 59.3 Å². The van der Waals surface area contributed by atoms with Crippen LogP contribution in [0.4, 0.5) is 13.2 Å². The van der Waals surface area contributed by atoms with Gasteiger partial charge in [-0.3, -0.25) is 9.78 Å². The molecular formula is C20H20F3N5O3. The van der Waals surface area contributed by atoms with E-state index in [1.165, 1.54) is 31.9 Å². The highest BCUT2D eigenvalue weighted by Gasteiger charge is 2.36. The molecule has 0 N–H and O–H groups in total. The van der Waals surface area contributed by atoms with Crippen molar-refractivity contribution in [2.24, 2.45) is 0 Å². The van der Waals surface area contributed by atoms with Crippen LogP contribution in [0.1, 0.15) is 39.4 Å². The number of halogens is 3. The second-order valence-electron chi connectivity index (χ2n) is 6.61. The Balaban J connectivity index is 1.88. The average molecular weight is 438 g/mol. The second-order valence-corrected chi connectivity index (χ2v) is 6.61. The molecule has 0 unspecified atom stereocenters. The van der Waals surface area contributed by atoms with E-state index in [4.69, 9.17) is 13.6 Å². The molecule has 164 valence electrons. The van der Waals surface area contributed by atoms with Crippen molar-refractivity contribution in [1.29, 1.82) is 0 Å². The van der Waals surface area contributed by atoms with E-state index in [1.54, 1.807) is 6.92 Å². The van der Waals surface area contributed by atoms with E-state index < -0.39 is 36.5 Å². The molecule has 0 saturated carbocycles. The summed E-state index contributed by atoms with van der Waals surface area (Å²) in [5.74, 6) is -1.03. The first-order valence-corrected chi connectivity index (χ1v) is 9.02. The number of Topliss-reactive ketones (excluding diaryl/α,β-unsaturated/α-hetero) is 1. The van der Waals surface area contributed by atoms with Gasteiger partial charge >= 0.3 is 6.18 Å². The van der Waals surface area contributed by atoms with E-state index in [2.05, 4.69) is 20.2 Å². The lowest BCUT2D eigenvalue weighted by molar-refractivity contribution is -0.138. The molecule has 8 nitrogen and oxygen atoms in total. The zero-order chi connectivity index (χ0) is 25.1. The molecule has 3 rings (SSSR count). The van der Waals surface area contributed by atoms with Crippen molar-refractivity contribution in [1.82, 2.24) is 25.0 Å². The van der Waals surface area contributed by atoms with Crippen LogP contribution in [0, 0.1) is 0 Å². The van der Waals surface area contributed by atoms with Crippen LogP contribution in [0.2, 0.25) is 0 Å². The zero-order valence-electron chi connectivity index (χ0n) is 19.6. The minimum Gasteiger partial charge on any atom is -0.495 e. The maximum atomic E-state index is 13.6. The maximum Gasteiger partial charge on any atom is 0.420 e. The molecule has 0 fully saturated rings. The summed E-state index contributed by atoms with van der Waals surface area (Å²) in [6.07, 6.45) is 0.173. The zero-order valence-corrected chi connectivity index (χ0v) is 16.6. The topological polar surface area (TPSA) is 92.0 Å². The Bertz CT molecular complexity index is 1150. The predicted octanol–water partition coefficient (Wildman–Crippen LogP) is 3.15. The Morgan fingerprint density at radius 3 is 2.61 bits per heavy atom. The van der Waals surface area contributed by atoms with Crippen LogP contribution in [0.5, 0.6) is 5.75 Å². The quantitative estimate of drug-likeness (QED) is 0.534. The minimum atomic E-state index is -4.75. The molecule has 0 bridgehead atoms. The van der Waals surface area contributed by atoms with Crippen molar-refractivity contribution in [3.8, 4) is 11.6 Å². The smallest absolute Gasteiger partial charge is 0.420 e. The summed E-state index contributed by atoms with van der Waals surface area (Å²) < 4.78 is 73.0. The summed E-state index contributed by atoms with van der Waals surface area (Å²) in [6.45, 7) is 1.64. The van der Waals surface area contributed by atoms with Crippen LogP contribution in [-0.4, -0.2) is 44.9 Å². The molecule has 0 spiro atoms. The van der Waals surface area contributed by atoms with Crippen LogP contribution in [0.15, 0.2) is 37.1 Å². The van der Waals surface area contributed by atoms with Crippen LogP contribution in [-0.2, 0) is 28.5 Å². The molecule has 0 amide bonds. The number of methoxy groups -OCH3 is 2. The summed E-state index contributed by atoms with van der Waals surface area (Å²) in [7, 11) is -1.35. The van der Waals surface area contributed by atoms with Gasteiger partial charge in [0.05, 0.1) is 35.8 Å². The average Bonchev–Trinajstić information content (AvgIpc) is 3.26. The van der Waals surface area contributed by atoms with Gasteiger partial charge in [-0.25, -0.2) is 4.98 Å². The highest BCUT2D eigenvalue weighted by molar-refractivity contribution is 5.83. The Morgan fingerprint density at radius 1 is 1.23 bits per heavy atom. The van der Waals surface area contributed by atoms with E-state index in [9.17, 15) is 18.0 Å². The van der Waals surface area contributed by atoms with Gasteiger partial charge in [-0.1, -0.05) is 0 Å². The molecule has 31 heavy (non-hydrogen) atoms. The molecule has 0 aliphatic heterocycles. The van der Waals surface area contributed by atoms with Crippen LogP contribution in [0.3, 0.4) is 0 Å². The van der Waals surface area contributed by atoms with E-state index in [1.807, 2.05) is 0 Å². The van der Waals surface area contributed by atoms with Crippen molar-refractivity contribution < 1.29 is 31.6 Å². The normalized spacial score (nSPS) is 14.4.